The first kappa shape index (κ1) is 14.2. The molecular weight excluding hydrogens is 356 g/mol. The number of hydrogen-bond donors (Lipinski definition) is 1. The molecule has 0 saturated heterocycles. The third kappa shape index (κ3) is 2.69. The molecule has 0 spiro atoms. The fourth-order valence-corrected chi connectivity index (χ4v) is 2.94. The van der Waals surface area contributed by atoms with Gasteiger partial charge in [-0.25, -0.2) is 4.98 Å². The number of aliphatic hydroxyl groups is 1. The van der Waals surface area contributed by atoms with E-state index < -0.39 is 0 Å². The molecule has 4 nitrogen and oxygen atoms in total. The molecule has 3 aromatic heterocycles. The molecule has 4 rings (SSSR count). The van der Waals surface area contributed by atoms with E-state index in [2.05, 4.69) is 20.9 Å². The molecule has 1 aromatic carbocycles. The van der Waals surface area contributed by atoms with Gasteiger partial charge in [-0.15, -0.1) is 0 Å². The Morgan fingerprint density at radius 1 is 1.04 bits per heavy atom. The maximum Gasteiger partial charge on any atom is 0.137 e. The number of furan rings is 1. The highest BCUT2D eigenvalue weighted by Gasteiger charge is 2.08. The van der Waals surface area contributed by atoms with Gasteiger partial charge >= 0.3 is 0 Å². The number of fused-ring (bicyclic) bond motifs is 1. The van der Waals surface area contributed by atoms with Gasteiger partial charge in [0.2, 0.25) is 0 Å². The third-order valence-corrected chi connectivity index (χ3v) is 4.17. The first-order chi connectivity index (χ1) is 11.2. The fourth-order valence-electron chi connectivity index (χ4n) is 2.54. The van der Waals surface area contributed by atoms with E-state index in [1.165, 1.54) is 0 Å². The van der Waals surface area contributed by atoms with E-state index in [1.807, 2.05) is 59.3 Å². The molecule has 0 bridgehead atoms. The molecule has 4 aromatic rings. The van der Waals surface area contributed by atoms with Crippen molar-refractivity contribution in [3.05, 3.63) is 71.2 Å². The maximum absolute atomic E-state index is 9.11. The van der Waals surface area contributed by atoms with E-state index in [0.717, 1.165) is 32.7 Å². The van der Waals surface area contributed by atoms with Crippen molar-refractivity contribution in [1.29, 1.82) is 0 Å². The number of rotatable bonds is 3. The van der Waals surface area contributed by atoms with Crippen LogP contribution in [0.1, 0.15) is 5.76 Å². The second kappa shape index (κ2) is 5.68. The number of pyridine rings is 1. The SMILES string of the molecule is OCc1ccc(-c2ccc3nc(-c4cccc(Br)c4)cn3c2)o1. The Balaban J connectivity index is 1.77. The van der Waals surface area contributed by atoms with Gasteiger partial charge in [0, 0.05) is 28.0 Å². The minimum atomic E-state index is -0.0969. The highest BCUT2D eigenvalue weighted by Crippen LogP contribution is 2.26. The van der Waals surface area contributed by atoms with Crippen molar-refractivity contribution in [2.75, 3.05) is 0 Å². The van der Waals surface area contributed by atoms with E-state index in [9.17, 15) is 0 Å². The van der Waals surface area contributed by atoms with Gasteiger partial charge in [0.15, 0.2) is 0 Å². The highest BCUT2D eigenvalue weighted by molar-refractivity contribution is 9.10. The van der Waals surface area contributed by atoms with Crippen LogP contribution in [0.15, 0.2) is 69.8 Å². The third-order valence-electron chi connectivity index (χ3n) is 3.67. The lowest BCUT2D eigenvalue weighted by molar-refractivity contribution is 0.248. The first-order valence-electron chi connectivity index (χ1n) is 7.17. The molecule has 5 heteroatoms. The summed E-state index contributed by atoms with van der Waals surface area (Å²) in [5.74, 6) is 1.29. The largest absolute Gasteiger partial charge is 0.459 e. The van der Waals surface area contributed by atoms with Crippen molar-refractivity contribution >= 4 is 21.6 Å². The second-order valence-corrected chi connectivity index (χ2v) is 6.16. The average Bonchev–Trinajstić information content (AvgIpc) is 3.20. The number of aromatic nitrogens is 2. The van der Waals surface area contributed by atoms with Gasteiger partial charge in [-0.1, -0.05) is 28.1 Å². The minimum absolute atomic E-state index is 0.0969. The highest BCUT2D eigenvalue weighted by atomic mass is 79.9. The van der Waals surface area contributed by atoms with E-state index in [-0.39, 0.29) is 6.61 Å². The molecule has 1 N–H and O–H groups in total. The van der Waals surface area contributed by atoms with Gasteiger partial charge < -0.3 is 13.9 Å². The van der Waals surface area contributed by atoms with Crippen molar-refractivity contribution < 1.29 is 9.52 Å². The Hall–Kier alpha value is -2.37. The Morgan fingerprint density at radius 3 is 2.74 bits per heavy atom. The van der Waals surface area contributed by atoms with Crippen LogP contribution < -0.4 is 0 Å². The zero-order valence-electron chi connectivity index (χ0n) is 12.1. The van der Waals surface area contributed by atoms with Crippen molar-refractivity contribution in [2.24, 2.45) is 0 Å². The van der Waals surface area contributed by atoms with Gasteiger partial charge in [0.25, 0.3) is 0 Å². The summed E-state index contributed by atoms with van der Waals surface area (Å²) in [6.07, 6.45) is 3.97. The Bertz CT molecular complexity index is 988. The number of aliphatic hydroxyl groups excluding tert-OH is 1. The van der Waals surface area contributed by atoms with Crippen LogP contribution in [0.2, 0.25) is 0 Å². The van der Waals surface area contributed by atoms with E-state index in [4.69, 9.17) is 9.52 Å². The Morgan fingerprint density at radius 2 is 1.96 bits per heavy atom. The van der Waals surface area contributed by atoms with Gasteiger partial charge in [0.1, 0.15) is 23.8 Å². The van der Waals surface area contributed by atoms with Crippen LogP contribution in [0.3, 0.4) is 0 Å². The van der Waals surface area contributed by atoms with Gasteiger partial charge in [-0.05, 0) is 36.4 Å². The summed E-state index contributed by atoms with van der Waals surface area (Å²) in [7, 11) is 0. The molecule has 0 fully saturated rings. The lowest BCUT2D eigenvalue weighted by atomic mass is 10.2. The van der Waals surface area contributed by atoms with Crippen molar-refractivity contribution in [2.45, 2.75) is 6.61 Å². The van der Waals surface area contributed by atoms with Crippen LogP contribution in [0.4, 0.5) is 0 Å². The maximum atomic E-state index is 9.11. The second-order valence-electron chi connectivity index (χ2n) is 5.24. The molecule has 0 aliphatic carbocycles. The van der Waals surface area contributed by atoms with Crippen LogP contribution in [0.5, 0.6) is 0 Å². The standard InChI is InChI=1S/C18H13BrN2O2/c19-14-3-1-2-12(8-14)16-10-21-9-13(4-7-18(21)20-16)17-6-5-15(11-22)23-17/h1-10,22H,11H2. The lowest BCUT2D eigenvalue weighted by Gasteiger charge is -1.98. The van der Waals surface area contributed by atoms with Crippen molar-refractivity contribution in [3.8, 4) is 22.6 Å². The molecule has 3 heterocycles. The van der Waals surface area contributed by atoms with Gasteiger partial charge in [-0.3, -0.25) is 0 Å². The van der Waals surface area contributed by atoms with Gasteiger partial charge in [0.05, 0.1) is 5.69 Å². The smallest absolute Gasteiger partial charge is 0.137 e. The predicted octanol–water partition coefficient (Wildman–Crippen LogP) is 4.52. The molecule has 0 aliphatic heterocycles. The zero-order valence-corrected chi connectivity index (χ0v) is 13.7. The van der Waals surface area contributed by atoms with Crippen LogP contribution in [-0.2, 0) is 6.61 Å². The number of hydrogen-bond acceptors (Lipinski definition) is 3. The average molecular weight is 369 g/mol. The molecular formula is C18H13BrN2O2. The first-order valence-corrected chi connectivity index (χ1v) is 7.97. The molecule has 0 saturated carbocycles. The summed E-state index contributed by atoms with van der Waals surface area (Å²) in [6.45, 7) is -0.0969. The van der Waals surface area contributed by atoms with E-state index >= 15 is 0 Å². The molecule has 114 valence electrons. The quantitative estimate of drug-likeness (QED) is 0.578. The van der Waals surface area contributed by atoms with E-state index in [0.29, 0.717) is 5.76 Å². The topological polar surface area (TPSA) is 50.7 Å². The Kier molecular flexibility index (Phi) is 3.52. The summed E-state index contributed by atoms with van der Waals surface area (Å²) in [5, 5.41) is 9.11. The molecule has 0 amide bonds. The monoisotopic (exact) mass is 368 g/mol. The Labute approximate surface area is 141 Å². The molecule has 0 unspecified atom stereocenters. The van der Waals surface area contributed by atoms with Crippen LogP contribution in [-0.4, -0.2) is 14.5 Å². The number of benzene rings is 1. The van der Waals surface area contributed by atoms with Crippen LogP contribution in [0.25, 0.3) is 28.2 Å². The molecule has 0 aliphatic rings. The van der Waals surface area contributed by atoms with E-state index in [1.54, 1.807) is 6.07 Å². The fraction of sp³-hybridized carbons (Fsp3) is 0.0556. The zero-order chi connectivity index (χ0) is 15.8. The van der Waals surface area contributed by atoms with Crippen molar-refractivity contribution in [1.82, 2.24) is 9.38 Å². The van der Waals surface area contributed by atoms with Crippen LogP contribution >= 0.6 is 15.9 Å². The number of halogens is 1. The van der Waals surface area contributed by atoms with Crippen LogP contribution in [0, 0.1) is 0 Å². The summed E-state index contributed by atoms with van der Waals surface area (Å²) in [4.78, 5) is 4.65. The van der Waals surface area contributed by atoms with Gasteiger partial charge in [-0.2, -0.15) is 0 Å². The molecule has 23 heavy (non-hydrogen) atoms. The predicted molar refractivity (Wildman–Crippen MR) is 92.0 cm³/mol. The summed E-state index contributed by atoms with van der Waals surface area (Å²) in [6, 6.07) is 15.6. The molecule has 0 atom stereocenters. The number of imidazole rings is 1. The minimum Gasteiger partial charge on any atom is -0.459 e. The molecule has 0 radical (unpaired) electrons. The summed E-state index contributed by atoms with van der Waals surface area (Å²) < 4.78 is 8.59. The normalized spacial score (nSPS) is 11.2. The van der Waals surface area contributed by atoms with Crippen molar-refractivity contribution in [3.63, 3.8) is 0 Å². The lowest BCUT2D eigenvalue weighted by Crippen LogP contribution is -1.84. The summed E-state index contributed by atoms with van der Waals surface area (Å²) in [5.41, 5.74) is 3.79. The summed E-state index contributed by atoms with van der Waals surface area (Å²) >= 11 is 3.49. The number of nitrogens with zero attached hydrogens (tertiary/aromatic N) is 2.